The predicted molar refractivity (Wildman–Crippen MR) is 91.1 cm³/mol. The Bertz CT molecular complexity index is 633. The summed E-state index contributed by atoms with van der Waals surface area (Å²) in [6.45, 7) is 0.277. The molecule has 20 heavy (non-hydrogen) atoms. The number of anilines is 1. The molecular weight excluding hydrogens is 363 g/mol. The van der Waals surface area contributed by atoms with E-state index in [1.807, 2.05) is 48.5 Å². The van der Waals surface area contributed by atoms with Gasteiger partial charge in [-0.25, -0.2) is 0 Å². The molecule has 0 aliphatic rings. The normalized spacial score (nSPS) is 10.2. The summed E-state index contributed by atoms with van der Waals surface area (Å²) in [5.74, 6) is 3.24. The molecule has 0 amide bonds. The number of hydrogen-bond acceptors (Lipinski definition) is 3. The maximum absolute atomic E-state index is 5.41. The topological polar surface area (TPSA) is 33.6 Å². The van der Waals surface area contributed by atoms with Crippen LogP contribution in [0.3, 0.4) is 0 Å². The smallest absolute Gasteiger partial charge is 0.148 e. The SMILES string of the molecule is C#CCOc1ccc(C=NNc2ccccc2)cc1I. The summed E-state index contributed by atoms with van der Waals surface area (Å²) in [6.07, 6.45) is 6.93. The molecule has 2 aromatic carbocycles. The minimum absolute atomic E-state index is 0.277. The van der Waals surface area contributed by atoms with Crippen LogP contribution in [0.25, 0.3) is 0 Å². The number of rotatable bonds is 5. The van der Waals surface area contributed by atoms with Crippen molar-refractivity contribution in [1.29, 1.82) is 0 Å². The minimum atomic E-state index is 0.277. The number of benzene rings is 2. The van der Waals surface area contributed by atoms with E-state index in [1.165, 1.54) is 0 Å². The van der Waals surface area contributed by atoms with Gasteiger partial charge in [-0.3, -0.25) is 5.43 Å². The Hall–Kier alpha value is -2.00. The molecule has 1 N–H and O–H groups in total. The van der Waals surface area contributed by atoms with Gasteiger partial charge in [0, 0.05) is 0 Å². The molecule has 2 aromatic rings. The standard InChI is InChI=1S/C16H13IN2O/c1-2-10-20-16-9-8-13(11-15(16)17)12-18-19-14-6-4-3-5-7-14/h1,3-9,11-12,19H,10H2. The van der Waals surface area contributed by atoms with Crippen molar-refractivity contribution in [2.45, 2.75) is 0 Å². The molecule has 0 saturated carbocycles. The van der Waals surface area contributed by atoms with Crippen molar-refractivity contribution in [3.8, 4) is 18.1 Å². The van der Waals surface area contributed by atoms with Gasteiger partial charge >= 0.3 is 0 Å². The van der Waals surface area contributed by atoms with Crippen molar-refractivity contribution in [3.05, 3.63) is 57.7 Å². The Labute approximate surface area is 132 Å². The number of halogens is 1. The summed E-state index contributed by atoms with van der Waals surface area (Å²) in [5.41, 5.74) is 4.91. The van der Waals surface area contributed by atoms with E-state index in [2.05, 4.69) is 39.0 Å². The molecule has 4 heteroatoms. The molecular formula is C16H13IN2O. The van der Waals surface area contributed by atoms with Gasteiger partial charge < -0.3 is 4.74 Å². The number of para-hydroxylation sites is 1. The molecule has 0 atom stereocenters. The Morgan fingerprint density at radius 2 is 2.05 bits per heavy atom. The number of terminal acetylenes is 1. The van der Waals surface area contributed by atoms with Crippen molar-refractivity contribution in [1.82, 2.24) is 0 Å². The zero-order valence-electron chi connectivity index (χ0n) is 10.7. The summed E-state index contributed by atoms with van der Waals surface area (Å²) in [5, 5.41) is 4.19. The molecule has 0 fully saturated rings. The third kappa shape index (κ3) is 4.28. The van der Waals surface area contributed by atoms with E-state index >= 15 is 0 Å². The second kappa shape index (κ2) is 7.56. The Morgan fingerprint density at radius 3 is 2.75 bits per heavy atom. The van der Waals surface area contributed by atoms with Crippen LogP contribution in [0.15, 0.2) is 53.6 Å². The minimum Gasteiger partial charge on any atom is -0.480 e. The number of ether oxygens (including phenoxy) is 1. The summed E-state index contributed by atoms with van der Waals surface area (Å²) < 4.78 is 6.41. The van der Waals surface area contributed by atoms with Crippen LogP contribution in [0.2, 0.25) is 0 Å². The van der Waals surface area contributed by atoms with Crippen molar-refractivity contribution < 1.29 is 4.74 Å². The van der Waals surface area contributed by atoms with Gasteiger partial charge in [-0.2, -0.15) is 5.10 Å². The average molecular weight is 376 g/mol. The largest absolute Gasteiger partial charge is 0.480 e. The van der Waals surface area contributed by atoms with E-state index in [4.69, 9.17) is 11.2 Å². The fourth-order valence-electron chi connectivity index (χ4n) is 1.53. The summed E-state index contributed by atoms with van der Waals surface area (Å²) >= 11 is 2.21. The fourth-order valence-corrected chi connectivity index (χ4v) is 2.22. The summed E-state index contributed by atoms with van der Waals surface area (Å²) in [4.78, 5) is 0. The molecule has 0 aliphatic heterocycles. The van der Waals surface area contributed by atoms with Crippen molar-refractivity contribution in [2.75, 3.05) is 12.0 Å². The molecule has 0 aliphatic carbocycles. The van der Waals surface area contributed by atoms with Gasteiger partial charge in [-0.1, -0.05) is 24.1 Å². The van der Waals surface area contributed by atoms with Crippen LogP contribution in [0.5, 0.6) is 5.75 Å². The first-order valence-corrected chi connectivity index (χ1v) is 7.07. The lowest BCUT2D eigenvalue weighted by molar-refractivity contribution is 0.368. The molecule has 0 heterocycles. The zero-order chi connectivity index (χ0) is 14.2. The van der Waals surface area contributed by atoms with Crippen LogP contribution in [-0.2, 0) is 0 Å². The summed E-state index contributed by atoms with van der Waals surface area (Å²) in [6, 6.07) is 15.6. The molecule has 0 spiro atoms. The fraction of sp³-hybridized carbons (Fsp3) is 0.0625. The third-order valence-electron chi connectivity index (χ3n) is 2.45. The van der Waals surface area contributed by atoms with Crippen LogP contribution in [0.1, 0.15) is 5.56 Å². The highest BCUT2D eigenvalue weighted by molar-refractivity contribution is 14.1. The molecule has 3 nitrogen and oxygen atoms in total. The van der Waals surface area contributed by atoms with Crippen LogP contribution >= 0.6 is 22.6 Å². The lowest BCUT2D eigenvalue weighted by Gasteiger charge is -2.05. The molecule has 0 aromatic heterocycles. The molecule has 0 bridgehead atoms. The number of nitrogens with zero attached hydrogens (tertiary/aromatic N) is 1. The Balaban J connectivity index is 2.00. The van der Waals surface area contributed by atoms with E-state index < -0.39 is 0 Å². The van der Waals surface area contributed by atoms with E-state index in [0.717, 1.165) is 20.6 Å². The van der Waals surface area contributed by atoms with Crippen molar-refractivity contribution in [3.63, 3.8) is 0 Å². The lowest BCUT2D eigenvalue weighted by Crippen LogP contribution is -1.97. The van der Waals surface area contributed by atoms with Crippen LogP contribution < -0.4 is 10.2 Å². The molecule has 0 unspecified atom stereocenters. The number of hydrogen-bond donors (Lipinski definition) is 1. The average Bonchev–Trinajstić information content (AvgIpc) is 2.47. The van der Waals surface area contributed by atoms with Gasteiger partial charge in [0.25, 0.3) is 0 Å². The Kier molecular flexibility index (Phi) is 5.44. The van der Waals surface area contributed by atoms with Crippen LogP contribution in [-0.4, -0.2) is 12.8 Å². The second-order valence-corrected chi connectivity index (χ2v) is 5.08. The molecule has 0 radical (unpaired) electrons. The highest BCUT2D eigenvalue weighted by Crippen LogP contribution is 2.21. The highest BCUT2D eigenvalue weighted by Gasteiger charge is 2.00. The first-order valence-electron chi connectivity index (χ1n) is 5.99. The maximum atomic E-state index is 5.41. The molecule has 100 valence electrons. The van der Waals surface area contributed by atoms with Crippen molar-refractivity contribution >= 4 is 34.5 Å². The monoisotopic (exact) mass is 376 g/mol. The predicted octanol–water partition coefficient (Wildman–Crippen LogP) is 3.75. The maximum Gasteiger partial charge on any atom is 0.148 e. The lowest BCUT2D eigenvalue weighted by atomic mass is 10.2. The summed E-state index contributed by atoms with van der Waals surface area (Å²) in [7, 11) is 0. The van der Waals surface area contributed by atoms with Crippen LogP contribution in [0, 0.1) is 15.9 Å². The number of hydrazone groups is 1. The first kappa shape index (κ1) is 14.4. The van der Waals surface area contributed by atoms with Gasteiger partial charge in [-0.05, 0) is 58.5 Å². The van der Waals surface area contributed by atoms with Gasteiger partial charge in [0.2, 0.25) is 0 Å². The Morgan fingerprint density at radius 1 is 1.25 bits per heavy atom. The van der Waals surface area contributed by atoms with E-state index in [9.17, 15) is 0 Å². The van der Waals surface area contributed by atoms with Gasteiger partial charge in [0.1, 0.15) is 12.4 Å². The van der Waals surface area contributed by atoms with E-state index in [0.29, 0.717) is 0 Å². The first-order chi connectivity index (χ1) is 9.79. The quantitative estimate of drug-likeness (QED) is 0.373. The third-order valence-corrected chi connectivity index (χ3v) is 3.29. The molecule has 0 saturated heterocycles. The molecule has 2 rings (SSSR count). The zero-order valence-corrected chi connectivity index (χ0v) is 12.9. The highest BCUT2D eigenvalue weighted by atomic mass is 127. The second-order valence-electron chi connectivity index (χ2n) is 3.92. The number of nitrogens with one attached hydrogen (secondary N) is 1. The van der Waals surface area contributed by atoms with E-state index in [-0.39, 0.29) is 6.61 Å². The van der Waals surface area contributed by atoms with Crippen LogP contribution in [0.4, 0.5) is 5.69 Å². The van der Waals surface area contributed by atoms with Gasteiger partial charge in [0.05, 0.1) is 15.5 Å². The van der Waals surface area contributed by atoms with Gasteiger partial charge in [-0.15, -0.1) is 6.42 Å². The van der Waals surface area contributed by atoms with Gasteiger partial charge in [0.15, 0.2) is 0 Å². The van der Waals surface area contributed by atoms with E-state index in [1.54, 1.807) is 6.21 Å². The van der Waals surface area contributed by atoms with Crippen molar-refractivity contribution in [2.24, 2.45) is 5.10 Å².